The third-order valence-corrected chi connectivity index (χ3v) is 12.0. The van der Waals surface area contributed by atoms with Crippen LogP contribution in [0.15, 0.2) is 11.6 Å². The Hall–Kier alpha value is -0.870. The van der Waals surface area contributed by atoms with E-state index in [1.807, 2.05) is 0 Å². The Morgan fingerprint density at radius 3 is 2.48 bits per heavy atom. The van der Waals surface area contributed by atoms with Crippen molar-refractivity contribution in [1.82, 2.24) is 0 Å². The molecule has 0 radical (unpaired) electrons. The molecule has 33 heavy (non-hydrogen) atoms. The second-order valence-electron chi connectivity index (χ2n) is 13.6. The van der Waals surface area contributed by atoms with Crippen LogP contribution in [0.3, 0.4) is 0 Å². The van der Waals surface area contributed by atoms with Gasteiger partial charge < -0.3 is 14.9 Å². The number of allylic oxidation sites excluding steroid dienone is 2. The zero-order valence-electron chi connectivity index (χ0n) is 21.6. The Balaban J connectivity index is 1.48. The molecule has 4 aliphatic carbocycles. The summed E-state index contributed by atoms with van der Waals surface area (Å²) in [6, 6.07) is 0. The van der Waals surface area contributed by atoms with Crippen molar-refractivity contribution in [3.05, 3.63) is 11.6 Å². The number of carbonyl (C=O) groups is 1. The van der Waals surface area contributed by atoms with Crippen LogP contribution in [0.4, 0.5) is 0 Å². The maximum Gasteiger partial charge on any atom is 0.309 e. The average molecular weight is 459 g/mol. The molecule has 1 aliphatic heterocycles. The van der Waals surface area contributed by atoms with E-state index in [0.717, 1.165) is 51.4 Å². The lowest BCUT2D eigenvalue weighted by molar-refractivity contribution is -0.240. The fourth-order valence-electron chi connectivity index (χ4n) is 10.4. The van der Waals surface area contributed by atoms with Gasteiger partial charge in [0.1, 0.15) is 6.10 Å². The molecule has 4 saturated carbocycles. The van der Waals surface area contributed by atoms with Crippen LogP contribution in [0.2, 0.25) is 0 Å². The Morgan fingerprint density at radius 1 is 1.06 bits per heavy atom. The van der Waals surface area contributed by atoms with Gasteiger partial charge in [-0.25, -0.2) is 0 Å². The summed E-state index contributed by atoms with van der Waals surface area (Å²) in [6.45, 7) is 13.8. The van der Waals surface area contributed by atoms with Crippen molar-refractivity contribution in [1.29, 1.82) is 0 Å². The number of hydrogen-bond donors (Lipinski definition) is 2. The third kappa shape index (κ3) is 3.18. The van der Waals surface area contributed by atoms with Crippen molar-refractivity contribution < 1.29 is 19.7 Å². The zero-order valence-corrected chi connectivity index (χ0v) is 21.6. The largest absolute Gasteiger partial charge is 0.462 e. The molecule has 5 aliphatic rings. The number of carbonyl (C=O) groups excluding carboxylic acids is 1. The van der Waals surface area contributed by atoms with Crippen molar-refractivity contribution in [2.45, 2.75) is 111 Å². The number of aliphatic hydroxyl groups is 2. The molecular formula is C29H46O4. The summed E-state index contributed by atoms with van der Waals surface area (Å²) in [7, 11) is 0. The van der Waals surface area contributed by atoms with Crippen molar-refractivity contribution >= 4 is 5.97 Å². The van der Waals surface area contributed by atoms with Gasteiger partial charge in [-0.3, -0.25) is 4.79 Å². The number of fused-ring (bicyclic) bond motifs is 7. The third-order valence-electron chi connectivity index (χ3n) is 12.0. The quantitative estimate of drug-likeness (QED) is 0.432. The lowest BCUT2D eigenvalue weighted by Crippen LogP contribution is -2.66. The van der Waals surface area contributed by atoms with Crippen LogP contribution in [-0.4, -0.2) is 34.5 Å². The SMILES string of the molecule is CC(C)=CCC[C@@H]1C(=O)O[C@H]2C[C@@]3(C)C(CC(O)C4C3(C)CCC3C(C)C(O)CC[C@@]34C)C21. The molecule has 5 rings (SSSR count). The van der Waals surface area contributed by atoms with Gasteiger partial charge in [0.15, 0.2) is 0 Å². The Morgan fingerprint density at radius 2 is 1.79 bits per heavy atom. The highest BCUT2D eigenvalue weighted by molar-refractivity contribution is 5.75. The smallest absolute Gasteiger partial charge is 0.309 e. The van der Waals surface area contributed by atoms with E-state index < -0.39 is 0 Å². The second kappa shape index (κ2) is 7.82. The van der Waals surface area contributed by atoms with E-state index in [1.54, 1.807) is 0 Å². The topological polar surface area (TPSA) is 66.8 Å². The highest BCUT2D eigenvalue weighted by Crippen LogP contribution is 2.75. The van der Waals surface area contributed by atoms with Gasteiger partial charge in [-0.15, -0.1) is 0 Å². The molecule has 0 spiro atoms. The number of hydrogen-bond acceptors (Lipinski definition) is 4. The van der Waals surface area contributed by atoms with Gasteiger partial charge in [0, 0.05) is 5.92 Å². The average Bonchev–Trinajstić information content (AvgIpc) is 3.17. The molecular weight excluding hydrogens is 412 g/mol. The maximum absolute atomic E-state index is 12.9. The molecule has 8 unspecified atom stereocenters. The molecule has 12 atom stereocenters. The number of aliphatic hydroxyl groups excluding tert-OH is 2. The summed E-state index contributed by atoms with van der Waals surface area (Å²) in [5.74, 6) is 1.59. The predicted octanol–water partition coefficient (Wildman–Crippen LogP) is 5.51. The van der Waals surface area contributed by atoms with Gasteiger partial charge >= 0.3 is 5.97 Å². The van der Waals surface area contributed by atoms with Gasteiger partial charge in [-0.1, -0.05) is 39.3 Å². The van der Waals surface area contributed by atoms with Gasteiger partial charge in [0.2, 0.25) is 0 Å². The first-order valence-corrected chi connectivity index (χ1v) is 13.6. The van der Waals surface area contributed by atoms with Crippen LogP contribution in [0.5, 0.6) is 0 Å². The first-order chi connectivity index (χ1) is 15.4. The summed E-state index contributed by atoms with van der Waals surface area (Å²) in [5, 5.41) is 22.4. The number of ether oxygens (including phenoxy) is 1. The monoisotopic (exact) mass is 458 g/mol. The summed E-state index contributed by atoms with van der Waals surface area (Å²) < 4.78 is 6.06. The molecule has 0 aromatic carbocycles. The first kappa shape index (κ1) is 23.9. The molecule has 1 saturated heterocycles. The maximum atomic E-state index is 12.9. The molecule has 0 aromatic rings. The van der Waals surface area contributed by atoms with Crippen molar-refractivity contribution in [3.63, 3.8) is 0 Å². The summed E-state index contributed by atoms with van der Waals surface area (Å²) >= 11 is 0. The normalized spacial score (nSPS) is 55.2. The second-order valence-corrected chi connectivity index (χ2v) is 13.6. The Kier molecular flexibility index (Phi) is 5.65. The van der Waals surface area contributed by atoms with E-state index in [2.05, 4.69) is 47.6 Å². The minimum absolute atomic E-state index is 0.00161. The fraction of sp³-hybridized carbons (Fsp3) is 0.897. The van der Waals surface area contributed by atoms with Gasteiger partial charge in [-0.2, -0.15) is 0 Å². The van der Waals surface area contributed by atoms with E-state index in [4.69, 9.17) is 4.74 Å². The van der Waals surface area contributed by atoms with E-state index >= 15 is 0 Å². The van der Waals surface area contributed by atoms with E-state index in [0.29, 0.717) is 17.8 Å². The Labute approximate surface area is 200 Å². The summed E-state index contributed by atoms with van der Waals surface area (Å²) in [6.07, 6.45) is 9.35. The van der Waals surface area contributed by atoms with Gasteiger partial charge in [-0.05, 0) is 105 Å². The van der Waals surface area contributed by atoms with E-state index in [1.165, 1.54) is 5.57 Å². The van der Waals surface area contributed by atoms with Crippen LogP contribution in [-0.2, 0) is 9.53 Å². The standard InChI is InChI=1S/C29H46O4/c1-16(2)8-7-9-18-24-20-14-22(31)25-27(4)12-11-21(30)17(3)19(27)10-13-28(25,5)29(20,6)15-23(24)33-26(18)32/h8,17-25,30-31H,7,9-15H2,1-6H3/t17?,18-,19?,20?,21?,22?,23-,24?,25?,27-,28?,29-/m0/s1. The minimum Gasteiger partial charge on any atom is -0.462 e. The fourth-order valence-corrected chi connectivity index (χ4v) is 10.4. The molecule has 186 valence electrons. The molecule has 0 aromatic heterocycles. The highest BCUT2D eigenvalue weighted by atomic mass is 16.6. The minimum atomic E-state index is -0.337. The van der Waals surface area contributed by atoms with Crippen LogP contribution in [0.1, 0.15) is 92.9 Å². The molecule has 5 fully saturated rings. The lowest BCUT2D eigenvalue weighted by Gasteiger charge is -2.69. The number of esters is 1. The lowest BCUT2D eigenvalue weighted by atomic mass is 9.36. The summed E-state index contributed by atoms with van der Waals surface area (Å²) in [4.78, 5) is 12.9. The molecule has 4 nitrogen and oxygen atoms in total. The predicted molar refractivity (Wildman–Crippen MR) is 129 cm³/mol. The van der Waals surface area contributed by atoms with Crippen molar-refractivity contribution in [3.8, 4) is 0 Å². The molecule has 4 heteroatoms. The molecule has 0 bridgehead atoms. The summed E-state index contributed by atoms with van der Waals surface area (Å²) in [5.41, 5.74) is 1.48. The number of rotatable bonds is 3. The van der Waals surface area contributed by atoms with E-state index in [9.17, 15) is 15.0 Å². The first-order valence-electron chi connectivity index (χ1n) is 13.6. The van der Waals surface area contributed by atoms with Crippen LogP contribution >= 0.6 is 0 Å². The highest BCUT2D eigenvalue weighted by Gasteiger charge is 2.73. The van der Waals surface area contributed by atoms with Gasteiger partial charge in [0.25, 0.3) is 0 Å². The van der Waals surface area contributed by atoms with Gasteiger partial charge in [0.05, 0.1) is 18.1 Å². The molecule has 2 N–H and O–H groups in total. The van der Waals surface area contributed by atoms with Crippen molar-refractivity contribution in [2.24, 2.45) is 51.8 Å². The molecule has 1 heterocycles. The molecule has 0 amide bonds. The van der Waals surface area contributed by atoms with Crippen LogP contribution < -0.4 is 0 Å². The van der Waals surface area contributed by atoms with E-state index in [-0.39, 0.29) is 58.3 Å². The van der Waals surface area contributed by atoms with Crippen LogP contribution in [0.25, 0.3) is 0 Å². The van der Waals surface area contributed by atoms with Crippen LogP contribution in [0, 0.1) is 51.8 Å². The van der Waals surface area contributed by atoms with Crippen molar-refractivity contribution in [2.75, 3.05) is 0 Å². The zero-order chi connectivity index (χ0) is 23.9. The Bertz CT molecular complexity index is 831.